The molecule has 0 unspecified atom stereocenters. The average Bonchev–Trinajstić information content (AvgIpc) is 2.96. The van der Waals surface area contributed by atoms with Crippen LogP contribution in [0, 0.1) is 0 Å². The Morgan fingerprint density at radius 2 is 1.76 bits per heavy atom. The summed E-state index contributed by atoms with van der Waals surface area (Å²) in [6.45, 7) is 0. The molecule has 0 radical (unpaired) electrons. The van der Waals surface area contributed by atoms with Gasteiger partial charge in [0, 0.05) is 5.56 Å². The van der Waals surface area contributed by atoms with Crippen LogP contribution in [-0.4, -0.2) is 36.7 Å². The molecule has 21 heavy (non-hydrogen) atoms. The molecule has 2 rings (SSSR count). The molecule has 1 amide bonds. The van der Waals surface area contributed by atoms with E-state index in [1.807, 2.05) is 0 Å². The number of hydrogen-bond donors (Lipinski definition) is 2. The summed E-state index contributed by atoms with van der Waals surface area (Å²) in [4.78, 5) is 23.8. The number of ether oxygens (including phenoxy) is 2. The van der Waals surface area contributed by atoms with E-state index in [0.29, 0.717) is 29.9 Å². The van der Waals surface area contributed by atoms with Gasteiger partial charge in [-0.05, 0) is 31.0 Å². The van der Waals surface area contributed by atoms with Gasteiger partial charge in [0.2, 0.25) is 0 Å². The van der Waals surface area contributed by atoms with Crippen molar-refractivity contribution in [3.05, 3.63) is 23.8 Å². The summed E-state index contributed by atoms with van der Waals surface area (Å²) in [5.74, 6) is -0.446. The summed E-state index contributed by atoms with van der Waals surface area (Å²) in [5.41, 5.74) is -0.801. The number of methoxy groups -OCH3 is 2. The van der Waals surface area contributed by atoms with E-state index in [0.717, 1.165) is 12.8 Å². The van der Waals surface area contributed by atoms with Gasteiger partial charge in [0.05, 0.1) is 14.2 Å². The maximum absolute atomic E-state index is 12.3. The number of aliphatic carboxylic acids is 1. The SMILES string of the molecule is COc1ccc(C(=O)NC2(C(=O)O)CCCC2)cc1OC. The third-order valence-corrected chi connectivity index (χ3v) is 3.87. The van der Waals surface area contributed by atoms with Gasteiger partial charge in [-0.1, -0.05) is 12.8 Å². The summed E-state index contributed by atoms with van der Waals surface area (Å²) < 4.78 is 10.3. The highest BCUT2D eigenvalue weighted by molar-refractivity contribution is 5.98. The predicted octanol–water partition coefficient (Wildman–Crippen LogP) is 1.83. The molecular weight excluding hydrogens is 274 g/mol. The van der Waals surface area contributed by atoms with Crippen molar-refractivity contribution >= 4 is 11.9 Å². The van der Waals surface area contributed by atoms with Gasteiger partial charge in [0.25, 0.3) is 5.91 Å². The Kier molecular flexibility index (Phi) is 4.35. The average molecular weight is 293 g/mol. The molecule has 0 spiro atoms. The monoisotopic (exact) mass is 293 g/mol. The molecule has 1 saturated carbocycles. The van der Waals surface area contributed by atoms with Crippen molar-refractivity contribution in [2.24, 2.45) is 0 Å². The Labute approximate surface area is 123 Å². The van der Waals surface area contributed by atoms with Crippen molar-refractivity contribution in [3.8, 4) is 11.5 Å². The van der Waals surface area contributed by atoms with Gasteiger partial charge in [-0.3, -0.25) is 4.79 Å². The van der Waals surface area contributed by atoms with E-state index in [2.05, 4.69) is 5.32 Å². The van der Waals surface area contributed by atoms with Crippen LogP contribution >= 0.6 is 0 Å². The van der Waals surface area contributed by atoms with Crippen LogP contribution in [0.2, 0.25) is 0 Å². The molecule has 2 N–H and O–H groups in total. The minimum Gasteiger partial charge on any atom is -0.493 e. The van der Waals surface area contributed by atoms with E-state index in [9.17, 15) is 14.7 Å². The summed E-state index contributed by atoms with van der Waals surface area (Å²) in [6, 6.07) is 4.75. The normalized spacial score (nSPS) is 16.3. The van der Waals surface area contributed by atoms with Crippen molar-refractivity contribution in [1.29, 1.82) is 0 Å². The topological polar surface area (TPSA) is 84.9 Å². The molecule has 1 aliphatic carbocycles. The molecule has 0 bridgehead atoms. The first kappa shape index (κ1) is 15.2. The van der Waals surface area contributed by atoms with Crippen LogP contribution in [0.1, 0.15) is 36.0 Å². The molecule has 1 aromatic rings. The largest absolute Gasteiger partial charge is 0.493 e. The summed E-state index contributed by atoms with van der Waals surface area (Å²) >= 11 is 0. The molecular formula is C15H19NO5. The zero-order valence-electron chi connectivity index (χ0n) is 12.1. The number of amides is 1. The van der Waals surface area contributed by atoms with Gasteiger partial charge in [-0.2, -0.15) is 0 Å². The van der Waals surface area contributed by atoms with E-state index < -0.39 is 17.4 Å². The zero-order chi connectivity index (χ0) is 15.5. The lowest BCUT2D eigenvalue weighted by molar-refractivity contribution is -0.144. The summed E-state index contributed by atoms with van der Waals surface area (Å²) in [6.07, 6.45) is 2.53. The van der Waals surface area contributed by atoms with Crippen LogP contribution in [0.3, 0.4) is 0 Å². The molecule has 6 heteroatoms. The number of benzene rings is 1. The lowest BCUT2D eigenvalue weighted by Crippen LogP contribution is -2.52. The Bertz CT molecular complexity index is 549. The van der Waals surface area contributed by atoms with Gasteiger partial charge >= 0.3 is 5.97 Å². The second-order valence-electron chi connectivity index (χ2n) is 5.12. The fourth-order valence-electron chi connectivity index (χ4n) is 2.64. The Morgan fingerprint density at radius 3 is 2.29 bits per heavy atom. The van der Waals surface area contributed by atoms with Crippen LogP contribution in [-0.2, 0) is 4.79 Å². The second kappa shape index (κ2) is 6.03. The van der Waals surface area contributed by atoms with Crippen LogP contribution in [0.15, 0.2) is 18.2 Å². The van der Waals surface area contributed by atoms with Crippen molar-refractivity contribution in [2.45, 2.75) is 31.2 Å². The van der Waals surface area contributed by atoms with Gasteiger partial charge in [0.15, 0.2) is 11.5 Å². The van der Waals surface area contributed by atoms with Crippen molar-refractivity contribution in [2.75, 3.05) is 14.2 Å². The first-order valence-electron chi connectivity index (χ1n) is 6.80. The van der Waals surface area contributed by atoms with E-state index >= 15 is 0 Å². The Balaban J connectivity index is 2.22. The third kappa shape index (κ3) is 2.94. The molecule has 0 aliphatic heterocycles. The lowest BCUT2D eigenvalue weighted by atomic mass is 9.97. The standard InChI is InChI=1S/C15H19NO5/c1-20-11-6-5-10(9-12(11)21-2)13(17)16-15(14(18)19)7-3-4-8-15/h5-6,9H,3-4,7-8H2,1-2H3,(H,16,17)(H,18,19). The van der Waals surface area contributed by atoms with Gasteiger partial charge in [0.1, 0.15) is 5.54 Å². The number of carbonyl (C=O) groups is 2. The zero-order valence-corrected chi connectivity index (χ0v) is 12.1. The fourth-order valence-corrected chi connectivity index (χ4v) is 2.64. The van der Waals surface area contributed by atoms with Crippen molar-refractivity contribution < 1.29 is 24.2 Å². The number of hydrogen-bond acceptors (Lipinski definition) is 4. The van der Waals surface area contributed by atoms with E-state index in [1.54, 1.807) is 18.2 Å². The molecule has 0 aromatic heterocycles. The highest BCUT2D eigenvalue weighted by Gasteiger charge is 2.42. The molecule has 0 atom stereocenters. The maximum atomic E-state index is 12.3. The third-order valence-electron chi connectivity index (χ3n) is 3.87. The number of carboxylic acid groups (broad SMARTS) is 1. The number of carboxylic acids is 1. The number of nitrogens with one attached hydrogen (secondary N) is 1. The first-order chi connectivity index (χ1) is 10.0. The van der Waals surface area contributed by atoms with Gasteiger partial charge < -0.3 is 19.9 Å². The van der Waals surface area contributed by atoms with Crippen LogP contribution < -0.4 is 14.8 Å². The Hall–Kier alpha value is -2.24. The van der Waals surface area contributed by atoms with Crippen LogP contribution in [0.25, 0.3) is 0 Å². The van der Waals surface area contributed by atoms with Crippen LogP contribution in [0.5, 0.6) is 11.5 Å². The van der Waals surface area contributed by atoms with Crippen LogP contribution in [0.4, 0.5) is 0 Å². The van der Waals surface area contributed by atoms with E-state index in [1.165, 1.54) is 14.2 Å². The van der Waals surface area contributed by atoms with E-state index in [-0.39, 0.29) is 0 Å². The Morgan fingerprint density at radius 1 is 1.14 bits per heavy atom. The quantitative estimate of drug-likeness (QED) is 0.865. The van der Waals surface area contributed by atoms with Crippen molar-refractivity contribution in [1.82, 2.24) is 5.32 Å². The molecule has 1 aromatic carbocycles. The highest BCUT2D eigenvalue weighted by Crippen LogP contribution is 2.31. The highest BCUT2D eigenvalue weighted by atomic mass is 16.5. The fraction of sp³-hybridized carbons (Fsp3) is 0.467. The number of carbonyl (C=O) groups excluding carboxylic acids is 1. The van der Waals surface area contributed by atoms with Gasteiger partial charge in [-0.15, -0.1) is 0 Å². The molecule has 6 nitrogen and oxygen atoms in total. The molecule has 1 fully saturated rings. The minimum absolute atomic E-state index is 0.347. The second-order valence-corrected chi connectivity index (χ2v) is 5.12. The summed E-state index contributed by atoms with van der Waals surface area (Å²) in [5, 5.41) is 12.0. The molecule has 0 heterocycles. The van der Waals surface area contributed by atoms with Crippen molar-refractivity contribution in [3.63, 3.8) is 0 Å². The van der Waals surface area contributed by atoms with E-state index in [4.69, 9.17) is 9.47 Å². The predicted molar refractivity (Wildman–Crippen MR) is 75.8 cm³/mol. The smallest absolute Gasteiger partial charge is 0.329 e. The van der Waals surface area contributed by atoms with Gasteiger partial charge in [-0.25, -0.2) is 4.79 Å². The number of rotatable bonds is 5. The molecule has 114 valence electrons. The maximum Gasteiger partial charge on any atom is 0.329 e. The molecule has 0 saturated heterocycles. The summed E-state index contributed by atoms with van der Waals surface area (Å²) in [7, 11) is 2.99. The lowest BCUT2D eigenvalue weighted by Gasteiger charge is -2.25. The molecule has 1 aliphatic rings. The minimum atomic E-state index is -1.15. The first-order valence-corrected chi connectivity index (χ1v) is 6.80.